The van der Waals surface area contributed by atoms with E-state index in [9.17, 15) is 0 Å². The zero-order chi connectivity index (χ0) is 15.1. The maximum Gasteiger partial charge on any atom is 0.0918 e. The summed E-state index contributed by atoms with van der Waals surface area (Å²) in [6, 6.07) is 0. The third kappa shape index (κ3) is 13.7. The van der Waals surface area contributed by atoms with E-state index in [1.54, 1.807) is 14.2 Å². The van der Waals surface area contributed by atoms with Crippen molar-refractivity contribution in [1.29, 1.82) is 5.41 Å². The van der Waals surface area contributed by atoms with Gasteiger partial charge in [-0.15, -0.1) is 0 Å². The van der Waals surface area contributed by atoms with E-state index in [1.165, 1.54) is 0 Å². The summed E-state index contributed by atoms with van der Waals surface area (Å²) in [5, 5.41) is 7.25. The molecule has 20 heavy (non-hydrogen) atoms. The molecule has 0 radical (unpaired) electrons. The summed E-state index contributed by atoms with van der Waals surface area (Å²) in [5.41, 5.74) is 5.37. The highest BCUT2D eigenvalue weighted by molar-refractivity contribution is 5.76. The molecule has 3 N–H and O–H groups in total. The predicted octanol–water partition coefficient (Wildman–Crippen LogP) is -0.0595. The number of methoxy groups -OCH3 is 2. The summed E-state index contributed by atoms with van der Waals surface area (Å²) in [6.45, 7) is 6.03. The van der Waals surface area contributed by atoms with E-state index in [4.69, 9.17) is 30.1 Å². The molecule has 0 aliphatic carbocycles. The van der Waals surface area contributed by atoms with Gasteiger partial charge < -0.3 is 24.7 Å². The average molecular weight is 291 g/mol. The minimum absolute atomic E-state index is 0.208. The van der Waals surface area contributed by atoms with Gasteiger partial charge in [0.2, 0.25) is 0 Å². The molecule has 0 aromatic heterocycles. The van der Waals surface area contributed by atoms with Gasteiger partial charge in [0, 0.05) is 40.3 Å². The van der Waals surface area contributed by atoms with Crippen LogP contribution >= 0.6 is 0 Å². The largest absolute Gasteiger partial charge is 0.388 e. The summed E-state index contributed by atoms with van der Waals surface area (Å²) in [7, 11) is 3.33. The van der Waals surface area contributed by atoms with Gasteiger partial charge in [-0.1, -0.05) is 0 Å². The molecule has 0 rings (SSSR count). The zero-order valence-corrected chi connectivity index (χ0v) is 12.7. The highest BCUT2D eigenvalue weighted by Gasteiger charge is 2.05. The first kappa shape index (κ1) is 19.3. The van der Waals surface area contributed by atoms with Gasteiger partial charge in [0.05, 0.1) is 45.5 Å². The van der Waals surface area contributed by atoms with Crippen LogP contribution in [0.2, 0.25) is 0 Å². The van der Waals surface area contributed by atoms with E-state index < -0.39 is 0 Å². The molecule has 120 valence electrons. The van der Waals surface area contributed by atoms with Gasteiger partial charge in [-0.05, 0) is 0 Å². The highest BCUT2D eigenvalue weighted by atomic mass is 16.5. The molecular weight excluding hydrogens is 262 g/mol. The van der Waals surface area contributed by atoms with E-state index in [0.29, 0.717) is 46.1 Å². The number of nitrogens with one attached hydrogen (secondary N) is 1. The van der Waals surface area contributed by atoms with Crippen LogP contribution in [-0.4, -0.2) is 84.2 Å². The maximum absolute atomic E-state index is 7.25. The van der Waals surface area contributed by atoms with E-state index >= 15 is 0 Å². The second kappa shape index (κ2) is 14.7. The SMILES string of the molecule is COCCOCCOCCN(CCOC)CCC(=N)N. The van der Waals surface area contributed by atoms with Crippen molar-refractivity contribution in [2.45, 2.75) is 6.42 Å². The first-order valence-electron chi connectivity index (χ1n) is 6.89. The number of amidine groups is 1. The van der Waals surface area contributed by atoms with Crippen LogP contribution in [0.25, 0.3) is 0 Å². The highest BCUT2D eigenvalue weighted by Crippen LogP contribution is 1.93. The molecule has 0 saturated carbocycles. The Morgan fingerprint density at radius 3 is 2.00 bits per heavy atom. The van der Waals surface area contributed by atoms with Gasteiger partial charge in [-0.25, -0.2) is 0 Å². The van der Waals surface area contributed by atoms with E-state index in [0.717, 1.165) is 19.6 Å². The molecule has 0 aromatic carbocycles. The summed E-state index contributed by atoms with van der Waals surface area (Å²) in [5.74, 6) is 0.208. The van der Waals surface area contributed by atoms with Crippen LogP contribution in [0.1, 0.15) is 6.42 Å². The Kier molecular flexibility index (Phi) is 14.1. The van der Waals surface area contributed by atoms with Gasteiger partial charge >= 0.3 is 0 Å². The summed E-state index contributed by atoms with van der Waals surface area (Å²) in [6.07, 6.45) is 0.573. The number of hydrogen-bond donors (Lipinski definition) is 2. The number of nitrogens with two attached hydrogens (primary N) is 1. The molecule has 0 aliphatic heterocycles. The fourth-order valence-electron chi connectivity index (χ4n) is 1.49. The first-order chi connectivity index (χ1) is 9.70. The van der Waals surface area contributed by atoms with Crippen LogP contribution in [0.5, 0.6) is 0 Å². The Morgan fingerprint density at radius 2 is 1.40 bits per heavy atom. The maximum atomic E-state index is 7.25. The lowest BCUT2D eigenvalue weighted by atomic mass is 10.3. The third-order valence-corrected chi connectivity index (χ3v) is 2.66. The molecule has 0 heterocycles. The minimum atomic E-state index is 0.208. The molecule has 0 amide bonds. The molecule has 0 bridgehead atoms. The molecule has 0 aromatic rings. The average Bonchev–Trinajstić information content (AvgIpc) is 2.43. The molecule has 0 aliphatic rings. The van der Waals surface area contributed by atoms with E-state index in [1.807, 2.05) is 0 Å². The van der Waals surface area contributed by atoms with Crippen LogP contribution in [0, 0.1) is 5.41 Å². The number of nitrogens with zero attached hydrogens (tertiary/aromatic N) is 1. The smallest absolute Gasteiger partial charge is 0.0918 e. The number of ether oxygens (including phenoxy) is 4. The van der Waals surface area contributed by atoms with Crippen molar-refractivity contribution in [2.24, 2.45) is 5.73 Å². The molecule has 7 heteroatoms. The fraction of sp³-hybridized carbons (Fsp3) is 0.923. The van der Waals surface area contributed by atoms with Crippen LogP contribution in [0.4, 0.5) is 0 Å². The van der Waals surface area contributed by atoms with Gasteiger partial charge in [0.1, 0.15) is 0 Å². The lowest BCUT2D eigenvalue weighted by Crippen LogP contribution is -2.34. The molecule has 0 unspecified atom stereocenters. The fourth-order valence-corrected chi connectivity index (χ4v) is 1.49. The quantitative estimate of drug-likeness (QED) is 0.250. The zero-order valence-electron chi connectivity index (χ0n) is 12.7. The monoisotopic (exact) mass is 291 g/mol. The van der Waals surface area contributed by atoms with Crippen LogP contribution in [-0.2, 0) is 18.9 Å². The van der Waals surface area contributed by atoms with Gasteiger partial charge in [0.15, 0.2) is 0 Å². The van der Waals surface area contributed by atoms with Crippen molar-refractivity contribution >= 4 is 5.84 Å². The van der Waals surface area contributed by atoms with Crippen LogP contribution < -0.4 is 5.73 Å². The number of rotatable bonds is 15. The first-order valence-corrected chi connectivity index (χ1v) is 6.89. The van der Waals surface area contributed by atoms with E-state index in [-0.39, 0.29) is 5.84 Å². The van der Waals surface area contributed by atoms with Crippen LogP contribution in [0.15, 0.2) is 0 Å². The molecular formula is C13H29N3O4. The number of hydrogen-bond acceptors (Lipinski definition) is 6. The Morgan fingerprint density at radius 1 is 0.850 bits per heavy atom. The van der Waals surface area contributed by atoms with Gasteiger partial charge in [-0.3, -0.25) is 10.3 Å². The standard InChI is InChI=1S/C13H29N3O4/c1-17-7-5-16(4-3-13(14)15)6-8-19-11-12-20-10-9-18-2/h3-12H2,1-2H3,(H3,14,15). The molecule has 0 spiro atoms. The Bertz CT molecular complexity index is 230. The Labute approximate surface area is 121 Å². The summed E-state index contributed by atoms with van der Waals surface area (Å²) >= 11 is 0. The lowest BCUT2D eigenvalue weighted by Gasteiger charge is -2.21. The lowest BCUT2D eigenvalue weighted by molar-refractivity contribution is 0.0182. The van der Waals surface area contributed by atoms with Crippen molar-refractivity contribution in [1.82, 2.24) is 4.90 Å². The van der Waals surface area contributed by atoms with Crippen molar-refractivity contribution in [3.8, 4) is 0 Å². The molecule has 0 saturated heterocycles. The minimum Gasteiger partial charge on any atom is -0.388 e. The topological polar surface area (TPSA) is 90.0 Å². The second-order valence-electron chi connectivity index (χ2n) is 4.33. The second-order valence-corrected chi connectivity index (χ2v) is 4.33. The summed E-state index contributed by atoms with van der Waals surface area (Å²) in [4.78, 5) is 2.18. The molecule has 0 atom stereocenters. The van der Waals surface area contributed by atoms with Gasteiger partial charge in [0.25, 0.3) is 0 Å². The van der Waals surface area contributed by atoms with Crippen molar-refractivity contribution in [3.05, 3.63) is 0 Å². The molecule has 0 fully saturated rings. The van der Waals surface area contributed by atoms with Crippen molar-refractivity contribution in [3.63, 3.8) is 0 Å². The predicted molar refractivity (Wildman–Crippen MR) is 78.4 cm³/mol. The van der Waals surface area contributed by atoms with Crippen molar-refractivity contribution < 1.29 is 18.9 Å². The normalized spacial score (nSPS) is 11.2. The Balaban J connectivity index is 3.54. The third-order valence-electron chi connectivity index (χ3n) is 2.66. The molecule has 7 nitrogen and oxygen atoms in total. The van der Waals surface area contributed by atoms with Gasteiger partial charge in [-0.2, -0.15) is 0 Å². The van der Waals surface area contributed by atoms with Crippen LogP contribution in [0.3, 0.4) is 0 Å². The van der Waals surface area contributed by atoms with E-state index in [2.05, 4.69) is 4.90 Å². The Hall–Kier alpha value is -0.730. The summed E-state index contributed by atoms with van der Waals surface area (Å²) < 4.78 is 20.7. The van der Waals surface area contributed by atoms with Crippen molar-refractivity contribution in [2.75, 3.05) is 73.5 Å².